The number of hydrogen-bond acceptors (Lipinski definition) is 8. The summed E-state index contributed by atoms with van der Waals surface area (Å²) in [6, 6.07) is 4.62. The van der Waals surface area contributed by atoms with Crippen molar-refractivity contribution in [3.05, 3.63) is 36.7 Å². The van der Waals surface area contributed by atoms with Gasteiger partial charge in [0.25, 0.3) is 0 Å². The third kappa shape index (κ3) is 3.17. The molecular weight excluding hydrogens is 308 g/mol. The third-order valence-electron chi connectivity index (χ3n) is 2.31. The number of aromatic nitrogens is 2. The predicted molar refractivity (Wildman–Crippen MR) is 63.4 cm³/mol. The van der Waals surface area contributed by atoms with Crippen molar-refractivity contribution in [1.82, 2.24) is 9.97 Å². The van der Waals surface area contributed by atoms with Gasteiger partial charge in [-0.3, -0.25) is 9.97 Å². The second-order valence-corrected chi connectivity index (χ2v) is 6.43. The molecule has 0 aliphatic heterocycles. The average molecular weight is 314 g/mol. The quantitative estimate of drug-likeness (QED) is 0.718. The molecule has 0 amide bonds. The number of pyridine rings is 2. The topological polar surface area (TPSA) is 140 Å². The summed E-state index contributed by atoms with van der Waals surface area (Å²) in [4.78, 5) is 6.50. The van der Waals surface area contributed by atoms with Crippen LogP contribution in [0.4, 0.5) is 0 Å². The Hall–Kier alpha value is -1.88. The van der Waals surface area contributed by atoms with Gasteiger partial charge in [0.1, 0.15) is 20.2 Å². The van der Waals surface area contributed by atoms with Crippen LogP contribution in [0.5, 0.6) is 0 Å². The van der Waals surface area contributed by atoms with Crippen LogP contribution in [0.15, 0.2) is 46.5 Å². The van der Waals surface area contributed by atoms with Crippen LogP contribution in [0.25, 0.3) is 11.4 Å². The first-order chi connectivity index (χ1) is 9.18. The van der Waals surface area contributed by atoms with E-state index < -0.39 is 30.0 Å². The molecule has 0 aromatic carbocycles. The molecule has 0 radical (unpaired) electrons. The van der Waals surface area contributed by atoms with Gasteiger partial charge in [0.2, 0.25) is 0 Å². The van der Waals surface area contributed by atoms with Gasteiger partial charge in [-0.05, 0) is 24.3 Å². The Bertz CT molecular complexity index is 753. The monoisotopic (exact) mass is 314 g/mol. The molecule has 0 aliphatic rings. The van der Waals surface area contributed by atoms with Crippen molar-refractivity contribution >= 4 is 20.2 Å². The minimum absolute atomic E-state index is 0.229. The molecule has 2 aromatic rings. The Morgan fingerprint density at radius 2 is 1.05 bits per heavy atom. The highest BCUT2D eigenvalue weighted by molar-refractivity contribution is 7.86. The van der Waals surface area contributed by atoms with Crippen LogP contribution in [0.2, 0.25) is 0 Å². The third-order valence-corrected chi connectivity index (χ3v) is 3.95. The molecule has 0 unspecified atom stereocenters. The summed E-state index contributed by atoms with van der Waals surface area (Å²) in [6.07, 6.45) is 1.75. The molecule has 0 fully saturated rings. The van der Waals surface area contributed by atoms with Crippen molar-refractivity contribution in [2.75, 3.05) is 0 Å². The zero-order valence-corrected chi connectivity index (χ0v) is 11.3. The Labute approximate surface area is 114 Å². The smallest absolute Gasteiger partial charge is 0.125 e. The molecule has 0 aliphatic carbocycles. The van der Waals surface area contributed by atoms with Crippen molar-refractivity contribution in [2.45, 2.75) is 9.79 Å². The predicted octanol–water partition coefficient (Wildman–Crippen LogP) is -0.0482. The molecule has 0 N–H and O–H groups in total. The van der Waals surface area contributed by atoms with Crippen molar-refractivity contribution in [1.29, 1.82) is 0 Å². The van der Waals surface area contributed by atoms with E-state index in [9.17, 15) is 25.9 Å². The highest BCUT2D eigenvalue weighted by Crippen LogP contribution is 2.17. The van der Waals surface area contributed by atoms with Crippen LogP contribution in [-0.4, -0.2) is 35.9 Å². The van der Waals surface area contributed by atoms with Gasteiger partial charge >= 0.3 is 0 Å². The first-order valence-electron chi connectivity index (χ1n) is 5.02. The molecule has 2 aromatic heterocycles. The molecule has 20 heavy (non-hydrogen) atoms. The van der Waals surface area contributed by atoms with E-state index in [-0.39, 0.29) is 11.4 Å². The van der Waals surface area contributed by atoms with E-state index in [0.717, 1.165) is 24.5 Å². The van der Waals surface area contributed by atoms with E-state index in [1.807, 2.05) is 0 Å². The Morgan fingerprint density at radius 1 is 0.700 bits per heavy atom. The van der Waals surface area contributed by atoms with Gasteiger partial charge in [0, 0.05) is 12.4 Å². The second-order valence-electron chi connectivity index (χ2n) is 3.67. The Kier molecular flexibility index (Phi) is 3.56. The van der Waals surface area contributed by atoms with E-state index >= 15 is 0 Å². The lowest BCUT2D eigenvalue weighted by Crippen LogP contribution is -2.01. The van der Waals surface area contributed by atoms with Gasteiger partial charge in [-0.1, -0.05) is 0 Å². The number of hydrogen-bond donors (Lipinski definition) is 0. The van der Waals surface area contributed by atoms with E-state index in [0.29, 0.717) is 0 Å². The van der Waals surface area contributed by atoms with Crippen molar-refractivity contribution < 1.29 is 25.9 Å². The van der Waals surface area contributed by atoms with E-state index in [1.54, 1.807) is 0 Å². The highest BCUT2D eigenvalue weighted by Gasteiger charge is 2.06. The van der Waals surface area contributed by atoms with Crippen LogP contribution in [0.1, 0.15) is 0 Å². The summed E-state index contributed by atoms with van der Waals surface area (Å²) >= 11 is 0. The van der Waals surface area contributed by atoms with Gasteiger partial charge in [-0.25, -0.2) is 16.8 Å². The SMILES string of the molecule is O=S(=O)([O-])c1ccc(-c2ccc(S(=O)(=O)[O-])cn2)nc1. The molecule has 0 saturated heterocycles. The fourth-order valence-electron chi connectivity index (χ4n) is 1.36. The fourth-order valence-corrected chi connectivity index (χ4v) is 2.19. The largest absolute Gasteiger partial charge is 0.744 e. The maximum Gasteiger partial charge on any atom is 0.125 e. The molecule has 106 valence electrons. The van der Waals surface area contributed by atoms with Gasteiger partial charge < -0.3 is 9.11 Å². The Balaban J connectivity index is 2.38. The lowest BCUT2D eigenvalue weighted by molar-refractivity contribution is 0.460. The average Bonchev–Trinajstić information content (AvgIpc) is 2.37. The standard InChI is InChI=1S/C10H8N2O6S2/c13-19(14,15)7-1-3-9(11-5-7)10-4-2-8(6-12-10)20(16,17)18/h1-6H,(H,13,14,15)(H,16,17,18)/p-2. The molecule has 0 spiro atoms. The molecule has 2 rings (SSSR count). The highest BCUT2D eigenvalue weighted by atomic mass is 32.2. The van der Waals surface area contributed by atoms with E-state index in [4.69, 9.17) is 0 Å². The van der Waals surface area contributed by atoms with Crippen LogP contribution in [-0.2, 0) is 20.2 Å². The lowest BCUT2D eigenvalue weighted by atomic mass is 10.2. The maximum atomic E-state index is 10.7. The molecule has 2 heterocycles. The van der Waals surface area contributed by atoms with Crippen molar-refractivity contribution in [2.24, 2.45) is 0 Å². The summed E-state index contributed by atoms with van der Waals surface area (Å²) in [6.45, 7) is 0. The molecular formula is C10H6N2O6S2-2. The van der Waals surface area contributed by atoms with Gasteiger partial charge in [-0.15, -0.1) is 0 Å². The van der Waals surface area contributed by atoms with Crippen LogP contribution in [0.3, 0.4) is 0 Å². The number of nitrogens with zero attached hydrogens (tertiary/aromatic N) is 2. The van der Waals surface area contributed by atoms with E-state index in [2.05, 4.69) is 9.97 Å². The summed E-state index contributed by atoms with van der Waals surface area (Å²) < 4.78 is 64.3. The Morgan fingerprint density at radius 3 is 1.25 bits per heavy atom. The first-order valence-corrected chi connectivity index (χ1v) is 7.84. The molecule has 0 saturated carbocycles. The lowest BCUT2D eigenvalue weighted by Gasteiger charge is -2.08. The van der Waals surface area contributed by atoms with Gasteiger partial charge in [0.05, 0.1) is 21.2 Å². The number of rotatable bonds is 3. The molecule has 0 atom stereocenters. The molecule has 0 bridgehead atoms. The zero-order valence-electron chi connectivity index (χ0n) is 9.62. The second kappa shape index (κ2) is 4.90. The fraction of sp³-hybridized carbons (Fsp3) is 0. The molecule has 8 nitrogen and oxygen atoms in total. The molecule has 10 heteroatoms. The summed E-state index contributed by atoms with van der Waals surface area (Å²) in [5.41, 5.74) is 0.458. The normalized spacial score (nSPS) is 12.3. The van der Waals surface area contributed by atoms with Gasteiger partial charge in [0.15, 0.2) is 0 Å². The summed E-state index contributed by atoms with van der Waals surface area (Å²) in [5.74, 6) is 0. The minimum atomic E-state index is -4.58. The minimum Gasteiger partial charge on any atom is -0.744 e. The van der Waals surface area contributed by atoms with Gasteiger partial charge in [-0.2, -0.15) is 0 Å². The maximum absolute atomic E-state index is 10.7. The summed E-state index contributed by atoms with van der Waals surface area (Å²) in [7, 11) is -9.16. The van der Waals surface area contributed by atoms with Crippen molar-refractivity contribution in [3.63, 3.8) is 0 Å². The summed E-state index contributed by atoms with van der Waals surface area (Å²) in [5, 5.41) is 0. The zero-order chi connectivity index (χ0) is 15.0. The van der Waals surface area contributed by atoms with E-state index in [1.165, 1.54) is 12.1 Å². The van der Waals surface area contributed by atoms with Crippen molar-refractivity contribution in [3.8, 4) is 11.4 Å². The van der Waals surface area contributed by atoms with Crippen LogP contribution in [0, 0.1) is 0 Å². The first kappa shape index (κ1) is 14.5. The van der Waals surface area contributed by atoms with Crippen LogP contribution < -0.4 is 0 Å². The van der Waals surface area contributed by atoms with Crippen LogP contribution >= 0.6 is 0 Å².